The summed E-state index contributed by atoms with van der Waals surface area (Å²) in [4.78, 5) is 25.3. The lowest BCUT2D eigenvalue weighted by Crippen LogP contribution is -2.56. The fraction of sp³-hybridized carbons (Fsp3) is 0.619. The quantitative estimate of drug-likeness (QED) is 0.444. The Kier molecular flexibility index (Phi) is 8.59. The predicted molar refractivity (Wildman–Crippen MR) is 103 cm³/mol. The highest BCUT2D eigenvalue weighted by atomic mass is 16.5. The number of ether oxygens (including phenoxy) is 2. The molecule has 152 valence electrons. The molecule has 0 saturated carbocycles. The molecule has 0 aliphatic carbocycles. The standard InChI is InChI=1S/C21H32O6/c1-7-17-15(4)11-14(3)10-13(2)8-9-18(26-6)21(25,12-22)19(23)16(5)20(24)27-17/h8-9,11,13,16-18,22,25H,3,7,10,12H2,1-2,4-6H3/b9-8-,15-11+/t13-,16-,17+,18?,21+/m1/s1. The molecule has 0 spiro atoms. The van der Waals surface area contributed by atoms with E-state index in [1.807, 2.05) is 32.9 Å². The van der Waals surface area contributed by atoms with Crippen molar-refractivity contribution in [1.82, 2.24) is 0 Å². The maximum atomic E-state index is 12.8. The van der Waals surface area contributed by atoms with Gasteiger partial charge in [0.1, 0.15) is 18.1 Å². The van der Waals surface area contributed by atoms with Crippen LogP contribution in [0.4, 0.5) is 0 Å². The van der Waals surface area contributed by atoms with Crippen molar-refractivity contribution >= 4 is 11.8 Å². The first-order chi connectivity index (χ1) is 12.6. The summed E-state index contributed by atoms with van der Waals surface area (Å²) >= 11 is 0. The number of hydrogen-bond acceptors (Lipinski definition) is 6. The SMILES string of the molecule is C=C1/C=C(\C)[C@H](CC)OC(=O)[C@H](C)C(=O)[C@](O)(CO)C(OC)/C=C\[C@@H](C)C1. The van der Waals surface area contributed by atoms with E-state index in [1.54, 1.807) is 6.08 Å². The van der Waals surface area contributed by atoms with Crippen LogP contribution in [0.1, 0.15) is 40.5 Å². The average Bonchev–Trinajstić information content (AvgIpc) is 2.63. The summed E-state index contributed by atoms with van der Waals surface area (Å²) in [6.45, 7) is 10.3. The molecule has 1 heterocycles. The van der Waals surface area contributed by atoms with Gasteiger partial charge in [0.05, 0.1) is 6.61 Å². The summed E-state index contributed by atoms with van der Waals surface area (Å²) in [6, 6.07) is 0. The van der Waals surface area contributed by atoms with Gasteiger partial charge in [-0.2, -0.15) is 0 Å². The molecule has 5 atom stereocenters. The third-order valence-corrected chi connectivity index (χ3v) is 4.91. The van der Waals surface area contributed by atoms with Crippen molar-refractivity contribution < 1.29 is 29.3 Å². The smallest absolute Gasteiger partial charge is 0.316 e. The number of methoxy groups -OCH3 is 1. The number of aliphatic hydroxyl groups is 2. The number of hydrogen-bond donors (Lipinski definition) is 2. The van der Waals surface area contributed by atoms with Crippen molar-refractivity contribution in [2.24, 2.45) is 11.8 Å². The fourth-order valence-corrected chi connectivity index (χ4v) is 3.21. The first-order valence-electron chi connectivity index (χ1n) is 9.25. The average molecular weight is 380 g/mol. The lowest BCUT2D eigenvalue weighted by atomic mass is 9.84. The van der Waals surface area contributed by atoms with Crippen LogP contribution in [0.2, 0.25) is 0 Å². The van der Waals surface area contributed by atoms with E-state index in [0.717, 1.165) is 11.1 Å². The minimum Gasteiger partial charge on any atom is -0.457 e. The summed E-state index contributed by atoms with van der Waals surface area (Å²) < 4.78 is 10.7. The van der Waals surface area contributed by atoms with Crippen LogP contribution in [0.25, 0.3) is 0 Å². The van der Waals surface area contributed by atoms with Gasteiger partial charge in [-0.05, 0) is 38.2 Å². The zero-order chi connectivity index (χ0) is 20.8. The summed E-state index contributed by atoms with van der Waals surface area (Å²) in [6.07, 6.45) is 4.87. The van der Waals surface area contributed by atoms with Crippen LogP contribution in [0.5, 0.6) is 0 Å². The van der Waals surface area contributed by atoms with Crippen LogP contribution in [0.15, 0.2) is 36.0 Å². The Morgan fingerprint density at radius 1 is 1.33 bits per heavy atom. The largest absolute Gasteiger partial charge is 0.457 e. The number of cyclic esters (lactones) is 1. The van der Waals surface area contributed by atoms with Gasteiger partial charge in [-0.25, -0.2) is 0 Å². The second-order valence-corrected chi connectivity index (χ2v) is 7.27. The summed E-state index contributed by atoms with van der Waals surface area (Å²) in [7, 11) is 1.33. The van der Waals surface area contributed by atoms with E-state index in [9.17, 15) is 19.8 Å². The van der Waals surface area contributed by atoms with Gasteiger partial charge in [-0.1, -0.05) is 44.2 Å². The van der Waals surface area contributed by atoms with Gasteiger partial charge in [-0.3, -0.25) is 9.59 Å². The molecule has 0 aromatic heterocycles. The second kappa shape index (κ2) is 9.97. The molecule has 1 aliphatic heterocycles. The number of esters is 1. The highest BCUT2D eigenvalue weighted by Gasteiger charge is 2.47. The Bertz CT molecular complexity index is 620. The molecule has 6 heteroatoms. The van der Waals surface area contributed by atoms with Crippen molar-refractivity contribution in [2.45, 2.75) is 58.3 Å². The van der Waals surface area contributed by atoms with Crippen molar-refractivity contribution in [2.75, 3.05) is 13.7 Å². The second-order valence-electron chi connectivity index (χ2n) is 7.27. The molecule has 2 N–H and O–H groups in total. The van der Waals surface area contributed by atoms with Crippen LogP contribution in [-0.4, -0.2) is 53.5 Å². The highest BCUT2D eigenvalue weighted by Crippen LogP contribution is 2.25. The van der Waals surface area contributed by atoms with Crippen LogP contribution in [-0.2, 0) is 19.1 Å². The van der Waals surface area contributed by atoms with Crippen LogP contribution < -0.4 is 0 Å². The number of aliphatic hydroxyl groups excluding tert-OH is 1. The third-order valence-electron chi connectivity index (χ3n) is 4.91. The van der Waals surface area contributed by atoms with E-state index in [-0.39, 0.29) is 5.92 Å². The van der Waals surface area contributed by atoms with Gasteiger partial charge in [0, 0.05) is 7.11 Å². The number of ketones is 1. The lowest BCUT2D eigenvalue weighted by Gasteiger charge is -2.32. The van der Waals surface area contributed by atoms with Crippen LogP contribution in [0.3, 0.4) is 0 Å². The highest BCUT2D eigenvalue weighted by molar-refractivity contribution is 6.03. The van der Waals surface area contributed by atoms with Crippen molar-refractivity contribution in [3.8, 4) is 0 Å². The summed E-state index contributed by atoms with van der Waals surface area (Å²) in [5, 5.41) is 20.5. The Balaban J connectivity index is 3.39. The maximum Gasteiger partial charge on any atom is 0.316 e. The first-order valence-corrected chi connectivity index (χ1v) is 9.25. The fourth-order valence-electron chi connectivity index (χ4n) is 3.21. The monoisotopic (exact) mass is 380 g/mol. The normalized spacial score (nSPS) is 37.1. The molecule has 0 bridgehead atoms. The molecule has 0 amide bonds. The molecule has 0 radical (unpaired) electrons. The Labute approximate surface area is 161 Å². The van der Waals surface area contributed by atoms with E-state index in [4.69, 9.17) is 9.47 Å². The molecular formula is C21H32O6. The van der Waals surface area contributed by atoms with E-state index >= 15 is 0 Å². The minimum absolute atomic E-state index is 0.0697. The lowest BCUT2D eigenvalue weighted by molar-refractivity contribution is -0.169. The van der Waals surface area contributed by atoms with Crippen molar-refractivity contribution in [3.05, 3.63) is 36.0 Å². The Hall–Kier alpha value is -1.76. The molecule has 0 saturated heterocycles. The third kappa shape index (κ3) is 5.61. The van der Waals surface area contributed by atoms with E-state index < -0.39 is 42.1 Å². The van der Waals surface area contributed by atoms with E-state index in [2.05, 4.69) is 6.58 Å². The number of allylic oxidation sites excluding steroid dienone is 3. The first kappa shape index (κ1) is 23.3. The van der Waals surface area contributed by atoms with Gasteiger partial charge >= 0.3 is 5.97 Å². The molecule has 27 heavy (non-hydrogen) atoms. The van der Waals surface area contributed by atoms with Crippen LogP contribution in [0, 0.1) is 11.8 Å². The Morgan fingerprint density at radius 2 is 1.96 bits per heavy atom. The number of carbonyl (C=O) groups excluding carboxylic acids is 2. The molecule has 1 aliphatic rings. The Morgan fingerprint density at radius 3 is 2.48 bits per heavy atom. The summed E-state index contributed by atoms with van der Waals surface area (Å²) in [5.41, 5.74) is -0.514. The molecule has 6 nitrogen and oxygen atoms in total. The minimum atomic E-state index is -2.24. The maximum absolute atomic E-state index is 12.8. The van der Waals surface area contributed by atoms with Gasteiger partial charge in [-0.15, -0.1) is 0 Å². The van der Waals surface area contributed by atoms with Gasteiger partial charge in [0.25, 0.3) is 0 Å². The van der Waals surface area contributed by atoms with Gasteiger partial charge < -0.3 is 19.7 Å². The number of rotatable bonds is 3. The van der Waals surface area contributed by atoms with E-state index in [0.29, 0.717) is 12.8 Å². The number of Topliss-reactive ketones (excluding diaryl/α,β-unsaturated/α-hetero) is 1. The zero-order valence-corrected chi connectivity index (χ0v) is 16.9. The molecule has 0 aromatic rings. The van der Waals surface area contributed by atoms with Gasteiger partial charge in [0.2, 0.25) is 0 Å². The van der Waals surface area contributed by atoms with Gasteiger partial charge in [0.15, 0.2) is 11.4 Å². The molecule has 0 fully saturated rings. The zero-order valence-electron chi connectivity index (χ0n) is 16.9. The predicted octanol–water partition coefficient (Wildman–Crippen LogP) is 2.35. The van der Waals surface area contributed by atoms with Crippen molar-refractivity contribution in [3.63, 3.8) is 0 Å². The topological polar surface area (TPSA) is 93.1 Å². The molecule has 1 rings (SSSR count). The van der Waals surface area contributed by atoms with Crippen molar-refractivity contribution in [1.29, 1.82) is 0 Å². The van der Waals surface area contributed by atoms with Crippen LogP contribution >= 0.6 is 0 Å². The van der Waals surface area contributed by atoms with E-state index in [1.165, 1.54) is 14.0 Å². The molecular weight excluding hydrogens is 348 g/mol. The molecule has 0 aromatic carbocycles. The molecule has 1 unspecified atom stereocenters. The number of carbonyl (C=O) groups is 2. The summed E-state index contributed by atoms with van der Waals surface area (Å²) in [5.74, 6) is -2.77.